The van der Waals surface area contributed by atoms with E-state index in [2.05, 4.69) is 42.1 Å². The molecule has 1 aromatic heterocycles. The molecule has 0 unspecified atom stereocenters. The largest absolute Gasteiger partial charge is 0.393 e. The third-order valence-electron chi connectivity index (χ3n) is 11.8. The Morgan fingerprint density at radius 1 is 1.15 bits per heavy atom. The standard InChI is InChI=1S/C32H46N4O5/c1-19(17-35(18-30(2,3)38)26-10-11-27(36(39)40)29-28(26)33-41-34-29)23-8-9-24-22-7-6-20-16-21(37)12-14-31(20,4)25(22)13-15-32(23,24)5/h6,10-11,19,21-25,37-38H,7-9,12-18H2,1-5H3/t19-,21+,22+,23-,24+,25+,31+,32-/m1/s1. The van der Waals surface area contributed by atoms with Gasteiger partial charge in [-0.05, 0) is 122 Å². The monoisotopic (exact) mass is 566 g/mol. The van der Waals surface area contributed by atoms with Crippen molar-refractivity contribution in [3.8, 4) is 0 Å². The summed E-state index contributed by atoms with van der Waals surface area (Å²) < 4.78 is 4.96. The summed E-state index contributed by atoms with van der Waals surface area (Å²) in [5.41, 5.74) is 2.13. The number of hydrogen-bond donors (Lipinski definition) is 2. The zero-order valence-electron chi connectivity index (χ0n) is 25.2. The van der Waals surface area contributed by atoms with Gasteiger partial charge in [-0.3, -0.25) is 10.1 Å². The number of benzene rings is 1. The quantitative estimate of drug-likeness (QED) is 0.228. The van der Waals surface area contributed by atoms with Gasteiger partial charge in [0.15, 0.2) is 5.52 Å². The van der Waals surface area contributed by atoms with Crippen LogP contribution in [-0.2, 0) is 0 Å². The molecule has 3 saturated carbocycles. The minimum Gasteiger partial charge on any atom is -0.393 e. The summed E-state index contributed by atoms with van der Waals surface area (Å²) in [7, 11) is 0. The zero-order chi connectivity index (χ0) is 29.3. The molecule has 1 aromatic carbocycles. The molecule has 2 N–H and O–H groups in total. The number of nitro benzene ring substituents is 1. The highest BCUT2D eigenvalue weighted by Crippen LogP contribution is 2.67. The molecule has 1 heterocycles. The van der Waals surface area contributed by atoms with Crippen LogP contribution in [-0.4, -0.2) is 50.2 Å². The van der Waals surface area contributed by atoms with Crippen LogP contribution in [0.3, 0.4) is 0 Å². The molecule has 9 nitrogen and oxygen atoms in total. The van der Waals surface area contributed by atoms with Crippen LogP contribution in [0.15, 0.2) is 28.4 Å². The van der Waals surface area contributed by atoms with Gasteiger partial charge in [-0.2, -0.15) is 0 Å². The summed E-state index contributed by atoms with van der Waals surface area (Å²) in [6, 6.07) is 3.19. The third-order valence-corrected chi connectivity index (χ3v) is 11.8. The topological polar surface area (TPSA) is 126 Å². The van der Waals surface area contributed by atoms with Gasteiger partial charge in [0.2, 0.25) is 5.52 Å². The Balaban J connectivity index is 1.26. The van der Waals surface area contributed by atoms with E-state index in [4.69, 9.17) is 4.63 Å². The number of nitro groups is 1. The maximum Gasteiger partial charge on any atom is 0.300 e. The number of fused-ring (bicyclic) bond motifs is 6. The van der Waals surface area contributed by atoms with Gasteiger partial charge in [0.05, 0.1) is 22.3 Å². The van der Waals surface area contributed by atoms with Crippen LogP contribution in [0.5, 0.6) is 0 Å². The summed E-state index contributed by atoms with van der Waals surface area (Å²) in [5, 5.41) is 40.7. The first-order valence-electron chi connectivity index (χ1n) is 15.6. The van der Waals surface area contributed by atoms with E-state index in [1.54, 1.807) is 19.9 Å². The average Bonchev–Trinajstić information content (AvgIpc) is 3.52. The number of aliphatic hydroxyl groups excluding tert-OH is 1. The van der Waals surface area contributed by atoms with Crippen LogP contribution in [0.25, 0.3) is 11.0 Å². The second kappa shape index (κ2) is 10.0. The molecule has 3 fully saturated rings. The SMILES string of the molecule is C[C@H](CN(CC(C)(C)O)c1ccc([N+](=O)[O-])c2nonc12)[C@H]1CC[C@H]2[C@@H]3CC=C4C[C@@H](O)CC[C@]4(C)[C@H]3CC[C@]12C. The van der Waals surface area contributed by atoms with Crippen molar-refractivity contribution in [2.45, 2.75) is 97.7 Å². The fourth-order valence-corrected chi connectivity index (χ4v) is 10.0. The first kappa shape index (κ1) is 28.6. The Labute approximate surface area is 242 Å². The Morgan fingerprint density at radius 3 is 2.63 bits per heavy atom. The van der Waals surface area contributed by atoms with Crippen molar-refractivity contribution in [2.24, 2.45) is 40.4 Å². The number of non-ortho nitro benzene ring substituents is 1. The van der Waals surface area contributed by atoms with Crippen molar-refractivity contribution in [1.29, 1.82) is 0 Å². The first-order valence-corrected chi connectivity index (χ1v) is 15.6. The second-order valence-corrected chi connectivity index (χ2v) is 14.9. The molecule has 2 aromatic rings. The van der Waals surface area contributed by atoms with E-state index in [0.717, 1.165) is 25.7 Å². The summed E-state index contributed by atoms with van der Waals surface area (Å²) in [5.74, 6) is 3.01. The molecule has 0 amide bonds. The Hall–Kier alpha value is -2.52. The van der Waals surface area contributed by atoms with E-state index in [9.17, 15) is 20.3 Å². The average molecular weight is 567 g/mol. The maximum atomic E-state index is 11.6. The molecule has 4 aliphatic carbocycles. The van der Waals surface area contributed by atoms with Crippen molar-refractivity contribution in [3.05, 3.63) is 33.9 Å². The molecule has 0 saturated heterocycles. The van der Waals surface area contributed by atoms with Crippen molar-refractivity contribution < 1.29 is 19.8 Å². The molecule has 0 radical (unpaired) electrons. The van der Waals surface area contributed by atoms with E-state index in [1.165, 1.54) is 37.3 Å². The number of aliphatic hydroxyl groups is 2. The molecule has 6 rings (SSSR count). The Bertz CT molecular complexity index is 1350. The third kappa shape index (κ3) is 4.77. The number of rotatable bonds is 7. The summed E-state index contributed by atoms with van der Waals surface area (Å²) in [4.78, 5) is 13.3. The van der Waals surface area contributed by atoms with E-state index >= 15 is 0 Å². The van der Waals surface area contributed by atoms with Gasteiger partial charge >= 0.3 is 5.69 Å². The minimum atomic E-state index is -0.972. The van der Waals surface area contributed by atoms with E-state index in [-0.39, 0.29) is 28.1 Å². The molecule has 8 atom stereocenters. The zero-order valence-corrected chi connectivity index (χ0v) is 25.2. The number of allylic oxidation sites excluding steroid dienone is 1. The lowest BCUT2D eigenvalue weighted by Crippen LogP contribution is -2.51. The van der Waals surface area contributed by atoms with Gasteiger partial charge in [-0.15, -0.1) is 0 Å². The maximum absolute atomic E-state index is 11.6. The van der Waals surface area contributed by atoms with Gasteiger partial charge in [-0.25, -0.2) is 4.63 Å². The van der Waals surface area contributed by atoms with E-state index < -0.39 is 10.5 Å². The van der Waals surface area contributed by atoms with Crippen molar-refractivity contribution >= 4 is 22.4 Å². The number of hydrogen-bond acceptors (Lipinski definition) is 8. The Morgan fingerprint density at radius 2 is 1.90 bits per heavy atom. The molecule has 41 heavy (non-hydrogen) atoms. The fraction of sp³-hybridized carbons (Fsp3) is 0.750. The van der Waals surface area contributed by atoms with Crippen LogP contribution >= 0.6 is 0 Å². The smallest absolute Gasteiger partial charge is 0.300 e. The number of aromatic nitrogens is 2. The molecular weight excluding hydrogens is 520 g/mol. The van der Waals surface area contributed by atoms with Crippen LogP contribution in [0, 0.1) is 50.5 Å². The van der Waals surface area contributed by atoms with Crippen molar-refractivity contribution in [3.63, 3.8) is 0 Å². The summed E-state index contributed by atoms with van der Waals surface area (Å²) in [6.07, 6.45) is 11.3. The van der Waals surface area contributed by atoms with Crippen LogP contribution in [0.1, 0.15) is 86.0 Å². The highest BCUT2D eigenvalue weighted by molar-refractivity contribution is 5.93. The van der Waals surface area contributed by atoms with Crippen LogP contribution in [0.4, 0.5) is 11.4 Å². The Kier molecular flexibility index (Phi) is 7.00. The van der Waals surface area contributed by atoms with Crippen molar-refractivity contribution in [2.75, 3.05) is 18.0 Å². The van der Waals surface area contributed by atoms with Crippen LogP contribution < -0.4 is 4.90 Å². The highest BCUT2D eigenvalue weighted by Gasteiger charge is 2.59. The predicted octanol–water partition coefficient (Wildman–Crippen LogP) is 6.28. The fourth-order valence-electron chi connectivity index (χ4n) is 10.0. The van der Waals surface area contributed by atoms with Gasteiger partial charge in [0.1, 0.15) is 0 Å². The van der Waals surface area contributed by atoms with Crippen LogP contribution in [0.2, 0.25) is 0 Å². The molecule has 0 bridgehead atoms. The molecule has 9 heteroatoms. The lowest BCUT2D eigenvalue weighted by Gasteiger charge is -2.58. The lowest BCUT2D eigenvalue weighted by atomic mass is 9.47. The molecular formula is C32H46N4O5. The highest BCUT2D eigenvalue weighted by atomic mass is 16.6. The number of nitrogens with zero attached hydrogens (tertiary/aromatic N) is 4. The first-order chi connectivity index (χ1) is 19.3. The summed E-state index contributed by atoms with van der Waals surface area (Å²) in [6.45, 7) is 12.0. The molecule has 224 valence electrons. The van der Waals surface area contributed by atoms with Gasteiger partial charge < -0.3 is 15.1 Å². The molecule has 0 spiro atoms. The lowest BCUT2D eigenvalue weighted by molar-refractivity contribution is -0.383. The van der Waals surface area contributed by atoms with Gasteiger partial charge in [0.25, 0.3) is 0 Å². The van der Waals surface area contributed by atoms with Gasteiger partial charge in [-0.1, -0.05) is 32.4 Å². The molecule has 0 aliphatic heterocycles. The van der Waals surface area contributed by atoms with E-state index in [1.807, 2.05) is 0 Å². The number of anilines is 1. The molecule has 4 aliphatic rings. The predicted molar refractivity (Wildman–Crippen MR) is 157 cm³/mol. The van der Waals surface area contributed by atoms with E-state index in [0.29, 0.717) is 53.9 Å². The van der Waals surface area contributed by atoms with Crippen molar-refractivity contribution in [1.82, 2.24) is 10.3 Å². The normalized spacial score (nSPS) is 35.8. The summed E-state index contributed by atoms with van der Waals surface area (Å²) >= 11 is 0. The minimum absolute atomic E-state index is 0.130. The van der Waals surface area contributed by atoms with Gasteiger partial charge in [0, 0.05) is 19.2 Å². The second-order valence-electron chi connectivity index (χ2n) is 14.9.